The maximum Gasteiger partial charge on any atom is 0.251 e. The fraction of sp³-hybridized carbons (Fsp3) is 0.348. The molecule has 3 rings (SSSR count). The van der Waals surface area contributed by atoms with E-state index >= 15 is 0 Å². The third-order valence-corrected chi connectivity index (χ3v) is 5.12. The molecule has 0 radical (unpaired) electrons. The molecule has 1 aliphatic rings. The Balaban J connectivity index is 1.84. The molecule has 0 spiro atoms. The van der Waals surface area contributed by atoms with Gasteiger partial charge in [0.2, 0.25) is 0 Å². The van der Waals surface area contributed by atoms with Crippen molar-refractivity contribution in [1.82, 2.24) is 0 Å². The lowest BCUT2D eigenvalue weighted by molar-refractivity contribution is -0.114. The summed E-state index contributed by atoms with van der Waals surface area (Å²) in [6, 6.07) is 12.9. The first-order chi connectivity index (χ1) is 13.4. The van der Waals surface area contributed by atoms with Crippen LogP contribution in [0.2, 0.25) is 5.02 Å². The summed E-state index contributed by atoms with van der Waals surface area (Å²) >= 11 is 6.18. The zero-order valence-electron chi connectivity index (χ0n) is 16.3. The number of carbonyl (C=O) groups excluding carboxylic acids is 1. The molecule has 0 saturated heterocycles. The Labute approximate surface area is 171 Å². The number of para-hydroxylation sites is 1. The van der Waals surface area contributed by atoms with Gasteiger partial charge in [-0.05, 0) is 50.1 Å². The van der Waals surface area contributed by atoms with Gasteiger partial charge in [-0.15, -0.1) is 0 Å². The largest absolute Gasteiger partial charge is 0.455 e. The molecule has 4 nitrogen and oxygen atoms in total. The summed E-state index contributed by atoms with van der Waals surface area (Å²) in [5, 5.41) is 11.0. The molecule has 1 heterocycles. The summed E-state index contributed by atoms with van der Waals surface area (Å²) in [4.78, 5) is 14.7. The summed E-state index contributed by atoms with van der Waals surface area (Å²) in [5.74, 6) is 1.15. The third-order valence-electron chi connectivity index (χ3n) is 4.89. The van der Waals surface area contributed by atoms with Crippen molar-refractivity contribution >= 4 is 23.2 Å². The van der Waals surface area contributed by atoms with Crippen molar-refractivity contribution in [2.75, 3.05) is 4.90 Å². The molecular formula is C23H26ClNO3. The van der Waals surface area contributed by atoms with Gasteiger partial charge >= 0.3 is 0 Å². The van der Waals surface area contributed by atoms with E-state index in [-0.39, 0.29) is 5.91 Å². The molecule has 1 N–H and O–H groups in total. The fourth-order valence-corrected chi connectivity index (χ4v) is 3.42. The molecule has 0 aromatic heterocycles. The van der Waals surface area contributed by atoms with Crippen LogP contribution in [-0.4, -0.2) is 16.6 Å². The van der Waals surface area contributed by atoms with Crippen LogP contribution >= 0.6 is 11.6 Å². The van der Waals surface area contributed by atoms with Gasteiger partial charge in [0.15, 0.2) is 5.75 Å². The smallest absolute Gasteiger partial charge is 0.251 e. The van der Waals surface area contributed by atoms with E-state index in [1.807, 2.05) is 31.2 Å². The lowest BCUT2D eigenvalue weighted by Gasteiger charge is -2.22. The first-order valence-corrected chi connectivity index (χ1v) is 10.0. The standard InChI is InChI=1S/C23H26ClNO3/c1-3-4-13-23(2,27)14-7-10-22(26)25-16-17-8-5-6-9-20(17)28-21-12-11-18(24)15-19(21)25/h5-12,15,27H,3-4,13-14,16H2,1-2H3/b10-7+. The van der Waals surface area contributed by atoms with Gasteiger partial charge in [0.05, 0.1) is 17.8 Å². The summed E-state index contributed by atoms with van der Waals surface area (Å²) in [7, 11) is 0. The lowest BCUT2D eigenvalue weighted by Crippen LogP contribution is -2.28. The van der Waals surface area contributed by atoms with Gasteiger partial charge in [0.25, 0.3) is 5.91 Å². The number of fused-ring (bicyclic) bond motifs is 2. The van der Waals surface area contributed by atoms with Gasteiger partial charge in [-0.25, -0.2) is 0 Å². The van der Waals surface area contributed by atoms with E-state index in [0.717, 1.165) is 24.2 Å². The van der Waals surface area contributed by atoms with Crippen molar-refractivity contribution in [3.63, 3.8) is 0 Å². The van der Waals surface area contributed by atoms with Crippen molar-refractivity contribution < 1.29 is 14.6 Å². The van der Waals surface area contributed by atoms with Gasteiger partial charge in [-0.3, -0.25) is 4.79 Å². The van der Waals surface area contributed by atoms with Crippen LogP contribution in [0.3, 0.4) is 0 Å². The highest BCUT2D eigenvalue weighted by atomic mass is 35.5. The highest BCUT2D eigenvalue weighted by Crippen LogP contribution is 2.40. The van der Waals surface area contributed by atoms with Gasteiger partial charge in [-0.2, -0.15) is 0 Å². The third kappa shape index (κ3) is 4.94. The molecule has 0 saturated carbocycles. The maximum atomic E-state index is 13.0. The molecule has 28 heavy (non-hydrogen) atoms. The average molecular weight is 400 g/mol. The van der Waals surface area contributed by atoms with E-state index in [1.165, 1.54) is 6.08 Å². The van der Waals surface area contributed by atoms with Crippen molar-refractivity contribution in [2.24, 2.45) is 0 Å². The number of amides is 1. The number of carbonyl (C=O) groups is 1. The number of unbranched alkanes of at least 4 members (excludes halogenated alkanes) is 1. The molecule has 2 aromatic carbocycles. The van der Waals surface area contributed by atoms with Crippen molar-refractivity contribution in [2.45, 2.75) is 51.7 Å². The quantitative estimate of drug-likeness (QED) is 0.618. The number of nitrogens with zero attached hydrogens (tertiary/aromatic N) is 1. The fourth-order valence-electron chi connectivity index (χ4n) is 3.26. The van der Waals surface area contributed by atoms with Crippen LogP contribution in [0, 0.1) is 0 Å². The summed E-state index contributed by atoms with van der Waals surface area (Å²) in [6.07, 6.45) is 6.41. The number of hydrogen-bond acceptors (Lipinski definition) is 3. The average Bonchev–Trinajstić information content (AvgIpc) is 2.82. The summed E-state index contributed by atoms with van der Waals surface area (Å²) in [5.41, 5.74) is 0.755. The maximum absolute atomic E-state index is 13.0. The number of rotatable bonds is 6. The number of anilines is 1. The molecule has 1 amide bonds. The van der Waals surface area contributed by atoms with E-state index in [1.54, 1.807) is 29.2 Å². The second-order valence-electron chi connectivity index (χ2n) is 7.45. The molecule has 0 aliphatic carbocycles. The van der Waals surface area contributed by atoms with E-state index < -0.39 is 5.60 Å². The Hall–Kier alpha value is -2.30. The second kappa shape index (κ2) is 8.80. The van der Waals surface area contributed by atoms with Crippen LogP contribution in [0.1, 0.15) is 45.1 Å². The number of ether oxygens (including phenoxy) is 1. The number of halogens is 1. The van der Waals surface area contributed by atoms with Crippen molar-refractivity contribution in [1.29, 1.82) is 0 Å². The van der Waals surface area contributed by atoms with Crippen LogP contribution in [0.5, 0.6) is 11.5 Å². The molecule has 1 unspecified atom stereocenters. The molecule has 1 aliphatic heterocycles. The van der Waals surface area contributed by atoms with Crippen LogP contribution in [-0.2, 0) is 11.3 Å². The highest BCUT2D eigenvalue weighted by molar-refractivity contribution is 6.31. The molecule has 5 heteroatoms. The monoisotopic (exact) mass is 399 g/mol. The van der Waals surface area contributed by atoms with Crippen LogP contribution < -0.4 is 9.64 Å². The zero-order valence-corrected chi connectivity index (χ0v) is 17.1. The van der Waals surface area contributed by atoms with E-state index in [2.05, 4.69) is 6.92 Å². The van der Waals surface area contributed by atoms with Gasteiger partial charge in [0.1, 0.15) is 5.75 Å². The van der Waals surface area contributed by atoms with Crippen LogP contribution in [0.25, 0.3) is 0 Å². The van der Waals surface area contributed by atoms with E-state index in [0.29, 0.717) is 35.8 Å². The highest BCUT2D eigenvalue weighted by Gasteiger charge is 2.25. The minimum absolute atomic E-state index is 0.171. The molecule has 0 fully saturated rings. The minimum Gasteiger partial charge on any atom is -0.455 e. The van der Waals surface area contributed by atoms with E-state index in [4.69, 9.17) is 16.3 Å². The second-order valence-corrected chi connectivity index (χ2v) is 7.89. The predicted octanol–water partition coefficient (Wildman–Crippen LogP) is 5.87. The van der Waals surface area contributed by atoms with Crippen LogP contribution in [0.15, 0.2) is 54.6 Å². The molecule has 1 atom stereocenters. The van der Waals surface area contributed by atoms with Gasteiger partial charge in [0, 0.05) is 10.6 Å². The molecule has 2 aromatic rings. The topological polar surface area (TPSA) is 49.8 Å². The SMILES string of the molecule is CCCCC(C)(O)C/C=C/C(=O)N1Cc2ccccc2Oc2ccc(Cl)cc21. The lowest BCUT2D eigenvalue weighted by atomic mass is 9.95. The summed E-state index contributed by atoms with van der Waals surface area (Å²) in [6.45, 7) is 4.29. The van der Waals surface area contributed by atoms with Crippen LogP contribution in [0.4, 0.5) is 5.69 Å². The molecule has 148 valence electrons. The zero-order chi connectivity index (χ0) is 20.1. The number of hydrogen-bond donors (Lipinski definition) is 1. The Kier molecular flexibility index (Phi) is 6.42. The van der Waals surface area contributed by atoms with Crippen molar-refractivity contribution in [3.05, 3.63) is 65.2 Å². The Morgan fingerprint density at radius 1 is 1.29 bits per heavy atom. The Morgan fingerprint density at radius 3 is 2.86 bits per heavy atom. The predicted molar refractivity (Wildman–Crippen MR) is 113 cm³/mol. The van der Waals surface area contributed by atoms with Gasteiger partial charge in [-0.1, -0.05) is 55.6 Å². The molecular weight excluding hydrogens is 374 g/mol. The molecule has 0 bridgehead atoms. The van der Waals surface area contributed by atoms with E-state index in [9.17, 15) is 9.90 Å². The first-order valence-electron chi connectivity index (χ1n) is 9.65. The van der Waals surface area contributed by atoms with Crippen molar-refractivity contribution in [3.8, 4) is 11.5 Å². The number of benzene rings is 2. The Bertz CT molecular complexity index is 876. The first kappa shape index (κ1) is 20.4. The number of aliphatic hydroxyl groups is 1. The van der Waals surface area contributed by atoms with Gasteiger partial charge < -0.3 is 14.7 Å². The minimum atomic E-state index is -0.803. The normalized spacial score (nSPS) is 15.4. The summed E-state index contributed by atoms with van der Waals surface area (Å²) < 4.78 is 6.02. The Morgan fingerprint density at radius 2 is 2.07 bits per heavy atom.